The lowest BCUT2D eigenvalue weighted by atomic mass is 10.1. The predicted octanol–water partition coefficient (Wildman–Crippen LogP) is 3.90. The molecule has 2 N–H and O–H groups in total. The highest BCUT2D eigenvalue weighted by molar-refractivity contribution is 14.0. The van der Waals surface area contributed by atoms with Crippen LogP contribution >= 0.6 is 24.0 Å². The Labute approximate surface area is 156 Å². The average Bonchev–Trinajstić information content (AvgIpc) is 2.54. The zero-order chi connectivity index (χ0) is 16.8. The van der Waals surface area contributed by atoms with E-state index >= 15 is 0 Å². The van der Waals surface area contributed by atoms with Crippen LogP contribution < -0.4 is 10.6 Å². The second kappa shape index (κ2) is 9.51. The SMILES string of the molecule is CN=C(NCc1ccc(F)c(C)c1)NCc1cc(F)ccc1F.I. The molecular weight excluding hydrogens is 430 g/mol. The molecule has 2 aromatic rings. The molecule has 0 bridgehead atoms. The molecule has 130 valence electrons. The molecule has 0 spiro atoms. The number of hydrogen-bond acceptors (Lipinski definition) is 1. The van der Waals surface area contributed by atoms with Crippen LogP contribution in [0, 0.1) is 24.4 Å². The number of nitrogens with one attached hydrogen (secondary N) is 2. The lowest BCUT2D eigenvalue weighted by Gasteiger charge is -2.13. The third-order valence-corrected chi connectivity index (χ3v) is 3.36. The van der Waals surface area contributed by atoms with E-state index in [0.717, 1.165) is 23.8 Å². The van der Waals surface area contributed by atoms with Crippen molar-refractivity contribution in [3.8, 4) is 0 Å². The lowest BCUT2D eigenvalue weighted by Crippen LogP contribution is -2.36. The van der Waals surface area contributed by atoms with E-state index < -0.39 is 11.6 Å². The summed E-state index contributed by atoms with van der Waals surface area (Å²) >= 11 is 0. The first kappa shape index (κ1) is 20.3. The van der Waals surface area contributed by atoms with Gasteiger partial charge in [-0.15, -0.1) is 24.0 Å². The Hall–Kier alpha value is -1.77. The summed E-state index contributed by atoms with van der Waals surface area (Å²) in [5.41, 5.74) is 1.67. The molecule has 0 aliphatic carbocycles. The zero-order valence-corrected chi connectivity index (χ0v) is 15.7. The van der Waals surface area contributed by atoms with Crippen LogP contribution in [0.5, 0.6) is 0 Å². The maximum atomic E-state index is 13.6. The number of guanidine groups is 1. The Morgan fingerprint density at radius 1 is 0.958 bits per heavy atom. The molecule has 0 aliphatic heterocycles. The molecule has 0 amide bonds. The molecule has 0 saturated heterocycles. The van der Waals surface area contributed by atoms with E-state index in [1.807, 2.05) is 0 Å². The monoisotopic (exact) mass is 449 g/mol. The largest absolute Gasteiger partial charge is 0.352 e. The van der Waals surface area contributed by atoms with Crippen LogP contribution in [0.2, 0.25) is 0 Å². The maximum Gasteiger partial charge on any atom is 0.191 e. The third kappa shape index (κ3) is 5.70. The summed E-state index contributed by atoms with van der Waals surface area (Å²) in [6.45, 7) is 2.23. The number of aryl methyl sites for hydroxylation is 1. The van der Waals surface area contributed by atoms with Crippen LogP contribution in [-0.4, -0.2) is 13.0 Å². The van der Waals surface area contributed by atoms with Crippen molar-refractivity contribution in [2.24, 2.45) is 4.99 Å². The second-order valence-electron chi connectivity index (χ2n) is 5.10. The quantitative estimate of drug-likeness (QED) is 0.422. The highest BCUT2D eigenvalue weighted by atomic mass is 127. The van der Waals surface area contributed by atoms with Crippen LogP contribution in [0.4, 0.5) is 13.2 Å². The Bertz CT molecular complexity index is 720. The van der Waals surface area contributed by atoms with Gasteiger partial charge in [-0.2, -0.15) is 0 Å². The van der Waals surface area contributed by atoms with Crippen molar-refractivity contribution in [3.05, 3.63) is 70.5 Å². The Kier molecular flexibility index (Phi) is 8.03. The molecule has 0 saturated carbocycles. The maximum absolute atomic E-state index is 13.6. The number of rotatable bonds is 4. The van der Waals surface area contributed by atoms with Gasteiger partial charge in [-0.05, 0) is 42.3 Å². The van der Waals surface area contributed by atoms with Crippen molar-refractivity contribution >= 4 is 29.9 Å². The van der Waals surface area contributed by atoms with E-state index in [4.69, 9.17) is 0 Å². The number of halogens is 4. The van der Waals surface area contributed by atoms with Gasteiger partial charge in [0.15, 0.2) is 5.96 Å². The highest BCUT2D eigenvalue weighted by Gasteiger charge is 2.06. The van der Waals surface area contributed by atoms with Crippen molar-refractivity contribution in [3.63, 3.8) is 0 Å². The molecule has 0 radical (unpaired) electrons. The predicted molar refractivity (Wildman–Crippen MR) is 99.9 cm³/mol. The molecule has 0 aliphatic rings. The summed E-state index contributed by atoms with van der Waals surface area (Å²) in [5.74, 6) is -0.787. The standard InChI is InChI=1S/C17H18F3N3.HI/c1-11-7-12(3-5-15(11)19)9-22-17(21-2)23-10-13-8-14(18)4-6-16(13)20;/h3-8H,9-10H2,1-2H3,(H2,21,22,23);1H. The molecule has 0 fully saturated rings. The van der Waals surface area contributed by atoms with Crippen molar-refractivity contribution in [1.82, 2.24) is 10.6 Å². The molecule has 0 heterocycles. The fourth-order valence-electron chi connectivity index (χ4n) is 2.08. The van der Waals surface area contributed by atoms with Crippen LogP contribution in [0.1, 0.15) is 16.7 Å². The van der Waals surface area contributed by atoms with Gasteiger partial charge in [0.2, 0.25) is 0 Å². The summed E-state index contributed by atoms with van der Waals surface area (Å²) in [4.78, 5) is 4.01. The molecule has 0 unspecified atom stereocenters. The van der Waals surface area contributed by atoms with Gasteiger partial charge in [0.1, 0.15) is 17.5 Å². The molecule has 0 aromatic heterocycles. The topological polar surface area (TPSA) is 36.4 Å². The fraction of sp³-hybridized carbons (Fsp3) is 0.235. The van der Waals surface area contributed by atoms with Crippen molar-refractivity contribution < 1.29 is 13.2 Å². The summed E-state index contributed by atoms with van der Waals surface area (Å²) in [6.07, 6.45) is 0. The van der Waals surface area contributed by atoms with Gasteiger partial charge < -0.3 is 10.6 Å². The molecule has 2 rings (SSSR count). The highest BCUT2D eigenvalue weighted by Crippen LogP contribution is 2.10. The van der Waals surface area contributed by atoms with Gasteiger partial charge in [-0.25, -0.2) is 13.2 Å². The Balaban J connectivity index is 0.00000288. The molecule has 0 atom stereocenters. The van der Waals surface area contributed by atoms with Gasteiger partial charge in [0, 0.05) is 25.7 Å². The Morgan fingerprint density at radius 3 is 2.29 bits per heavy atom. The molecular formula is C17H19F3IN3. The smallest absolute Gasteiger partial charge is 0.191 e. The minimum atomic E-state index is -0.493. The van der Waals surface area contributed by atoms with E-state index in [1.54, 1.807) is 26.1 Å². The third-order valence-electron chi connectivity index (χ3n) is 3.36. The molecule has 24 heavy (non-hydrogen) atoms. The van der Waals surface area contributed by atoms with E-state index in [2.05, 4.69) is 15.6 Å². The van der Waals surface area contributed by atoms with Gasteiger partial charge in [0.25, 0.3) is 0 Å². The number of aliphatic imine (C=N–C) groups is 1. The van der Waals surface area contributed by atoms with Gasteiger partial charge in [-0.1, -0.05) is 12.1 Å². The number of benzene rings is 2. The zero-order valence-electron chi connectivity index (χ0n) is 13.4. The normalized spacial score (nSPS) is 11.0. The average molecular weight is 449 g/mol. The van der Waals surface area contributed by atoms with E-state index in [0.29, 0.717) is 18.1 Å². The minimum absolute atomic E-state index is 0. The Morgan fingerprint density at radius 2 is 1.62 bits per heavy atom. The van der Waals surface area contributed by atoms with Crippen molar-refractivity contribution in [2.45, 2.75) is 20.0 Å². The minimum Gasteiger partial charge on any atom is -0.352 e. The summed E-state index contributed by atoms with van der Waals surface area (Å²) in [5, 5.41) is 5.95. The van der Waals surface area contributed by atoms with E-state index in [1.165, 1.54) is 6.07 Å². The molecule has 2 aromatic carbocycles. The first-order valence-corrected chi connectivity index (χ1v) is 7.13. The van der Waals surface area contributed by atoms with E-state index in [-0.39, 0.29) is 41.9 Å². The van der Waals surface area contributed by atoms with Crippen molar-refractivity contribution in [2.75, 3.05) is 7.05 Å². The fourth-order valence-corrected chi connectivity index (χ4v) is 2.08. The van der Waals surface area contributed by atoms with Crippen molar-refractivity contribution in [1.29, 1.82) is 0 Å². The summed E-state index contributed by atoms with van der Waals surface area (Å²) in [6, 6.07) is 8.12. The van der Waals surface area contributed by atoms with E-state index in [9.17, 15) is 13.2 Å². The van der Waals surface area contributed by atoms with Crippen LogP contribution in [0.25, 0.3) is 0 Å². The number of nitrogens with zero attached hydrogens (tertiary/aromatic N) is 1. The summed E-state index contributed by atoms with van der Waals surface area (Å²) in [7, 11) is 1.58. The first-order chi connectivity index (χ1) is 11.0. The van der Waals surface area contributed by atoms with Gasteiger partial charge >= 0.3 is 0 Å². The lowest BCUT2D eigenvalue weighted by molar-refractivity contribution is 0.581. The molecule has 3 nitrogen and oxygen atoms in total. The summed E-state index contributed by atoms with van der Waals surface area (Å²) < 4.78 is 39.9. The number of hydrogen-bond donors (Lipinski definition) is 2. The second-order valence-corrected chi connectivity index (χ2v) is 5.10. The van der Waals surface area contributed by atoms with Crippen LogP contribution in [-0.2, 0) is 13.1 Å². The molecule has 7 heteroatoms. The van der Waals surface area contributed by atoms with Gasteiger partial charge in [0.05, 0.1) is 0 Å². The van der Waals surface area contributed by atoms with Crippen LogP contribution in [0.15, 0.2) is 41.4 Å². The van der Waals surface area contributed by atoms with Crippen LogP contribution in [0.3, 0.4) is 0 Å². The first-order valence-electron chi connectivity index (χ1n) is 7.13. The van der Waals surface area contributed by atoms with Gasteiger partial charge in [-0.3, -0.25) is 4.99 Å².